The molecule has 0 spiro atoms. The third-order valence-corrected chi connectivity index (χ3v) is 8.86. The summed E-state index contributed by atoms with van der Waals surface area (Å²) in [5.74, 6) is -0.376. The number of likely N-dealkylation sites (N-methyl/N-ethyl adjacent to an activating group) is 1. The molecule has 0 aliphatic carbocycles. The standard InChI is InChI=1S/C40H74NO7P/c1-6-8-10-12-14-16-18-20-21-22-23-25-27-29-31-33-40(42)48-39(38-47-49(43,44)46-36-34-41(3,4)5)37-45-35-32-30-28-26-24-19-17-15-13-11-9-7-2/h8,10,14,16,20-21,23,25,39H,6-7,9,11-13,15,17-19,22,24,26-38H2,1-5H3/b10-8-,16-14-,21-20-,25-23-. The first-order chi connectivity index (χ1) is 23.6. The van der Waals surface area contributed by atoms with Crippen LogP contribution in [-0.2, 0) is 27.9 Å². The van der Waals surface area contributed by atoms with Crippen molar-refractivity contribution in [3.63, 3.8) is 0 Å². The summed E-state index contributed by atoms with van der Waals surface area (Å²) in [7, 11) is 1.32. The van der Waals surface area contributed by atoms with E-state index in [-0.39, 0.29) is 32.2 Å². The number of ether oxygens (including phenoxy) is 2. The summed E-state index contributed by atoms with van der Waals surface area (Å²) < 4.78 is 34.4. The average Bonchev–Trinajstić information content (AvgIpc) is 3.04. The van der Waals surface area contributed by atoms with Crippen molar-refractivity contribution in [2.24, 2.45) is 0 Å². The Bertz CT molecular complexity index is 926. The van der Waals surface area contributed by atoms with E-state index in [0.717, 1.165) is 51.4 Å². The lowest BCUT2D eigenvalue weighted by atomic mass is 10.1. The van der Waals surface area contributed by atoms with Gasteiger partial charge in [0.15, 0.2) is 0 Å². The van der Waals surface area contributed by atoms with Gasteiger partial charge in [-0.15, -0.1) is 0 Å². The molecular formula is C40H74NO7P. The molecule has 0 aliphatic rings. The zero-order valence-electron chi connectivity index (χ0n) is 32.1. The highest BCUT2D eigenvalue weighted by atomic mass is 31.2. The molecule has 0 amide bonds. The zero-order valence-corrected chi connectivity index (χ0v) is 33.0. The molecule has 0 fully saturated rings. The first-order valence-corrected chi connectivity index (χ1v) is 20.8. The van der Waals surface area contributed by atoms with Crippen molar-refractivity contribution in [1.82, 2.24) is 0 Å². The van der Waals surface area contributed by atoms with Crippen LogP contribution in [-0.4, -0.2) is 70.7 Å². The van der Waals surface area contributed by atoms with E-state index in [1.807, 2.05) is 21.1 Å². The molecule has 8 nitrogen and oxygen atoms in total. The maximum absolute atomic E-state index is 12.6. The summed E-state index contributed by atoms with van der Waals surface area (Å²) in [6, 6.07) is 0. The molecule has 0 rings (SSSR count). The number of allylic oxidation sites excluding steroid dienone is 8. The lowest BCUT2D eigenvalue weighted by molar-refractivity contribution is -0.870. The summed E-state index contributed by atoms with van der Waals surface area (Å²) in [4.78, 5) is 24.9. The minimum atomic E-state index is -4.53. The zero-order chi connectivity index (χ0) is 36.3. The largest absolute Gasteiger partial charge is 0.756 e. The number of phosphoric acid groups is 1. The maximum atomic E-state index is 12.6. The van der Waals surface area contributed by atoms with Crippen LogP contribution in [0.2, 0.25) is 0 Å². The van der Waals surface area contributed by atoms with E-state index in [1.54, 1.807) is 0 Å². The first kappa shape index (κ1) is 47.5. The number of nitrogens with zero attached hydrogens (tertiary/aromatic N) is 1. The predicted molar refractivity (Wildman–Crippen MR) is 203 cm³/mol. The highest BCUT2D eigenvalue weighted by Gasteiger charge is 2.20. The minimum absolute atomic E-state index is 0.0173. The van der Waals surface area contributed by atoms with Crippen LogP contribution in [0, 0.1) is 0 Å². The molecule has 0 aromatic carbocycles. The van der Waals surface area contributed by atoms with E-state index in [0.29, 0.717) is 24.1 Å². The van der Waals surface area contributed by atoms with Gasteiger partial charge in [-0.05, 0) is 51.4 Å². The van der Waals surface area contributed by atoms with Gasteiger partial charge in [0.1, 0.15) is 19.3 Å². The van der Waals surface area contributed by atoms with Crippen LogP contribution in [0.4, 0.5) is 0 Å². The van der Waals surface area contributed by atoms with E-state index in [2.05, 4.69) is 62.5 Å². The second-order valence-electron chi connectivity index (χ2n) is 13.9. The summed E-state index contributed by atoms with van der Waals surface area (Å²) in [5, 5.41) is 0. The number of carbonyl (C=O) groups excluding carboxylic acids is 1. The summed E-state index contributed by atoms with van der Waals surface area (Å²) in [6.45, 7) is 5.22. The van der Waals surface area contributed by atoms with Gasteiger partial charge < -0.3 is 27.9 Å². The van der Waals surface area contributed by atoms with Crippen molar-refractivity contribution in [3.05, 3.63) is 48.6 Å². The Balaban J connectivity index is 4.39. The molecule has 0 heterocycles. The first-order valence-electron chi connectivity index (χ1n) is 19.4. The van der Waals surface area contributed by atoms with Crippen molar-refractivity contribution in [2.75, 3.05) is 54.1 Å². The Labute approximate surface area is 301 Å². The molecule has 0 aromatic rings. The fourth-order valence-electron chi connectivity index (χ4n) is 4.89. The Kier molecular flexibility index (Phi) is 32.5. The number of rotatable bonds is 35. The molecule has 2 unspecified atom stereocenters. The number of esters is 1. The van der Waals surface area contributed by atoms with Crippen molar-refractivity contribution >= 4 is 13.8 Å². The van der Waals surface area contributed by atoms with E-state index in [1.165, 1.54) is 64.2 Å². The lowest BCUT2D eigenvalue weighted by Gasteiger charge is -2.28. The fourth-order valence-corrected chi connectivity index (χ4v) is 5.62. The van der Waals surface area contributed by atoms with Crippen LogP contribution in [0.3, 0.4) is 0 Å². The number of quaternary nitrogens is 1. The molecule has 2 atom stereocenters. The van der Waals surface area contributed by atoms with Crippen molar-refractivity contribution < 1.29 is 37.3 Å². The van der Waals surface area contributed by atoms with Crippen LogP contribution >= 0.6 is 7.82 Å². The SMILES string of the molecule is CC/C=C\C/C=C\C/C=C\C/C=C\CCCCC(=O)OC(COCCCCCCCCCCCCCC)COP(=O)([O-])OCC[N+](C)(C)C. The number of carbonyl (C=O) groups is 1. The van der Waals surface area contributed by atoms with E-state index in [9.17, 15) is 14.3 Å². The van der Waals surface area contributed by atoms with Gasteiger partial charge in [0.2, 0.25) is 0 Å². The molecule has 0 saturated carbocycles. The molecule has 286 valence electrons. The topological polar surface area (TPSA) is 94.1 Å². The lowest BCUT2D eigenvalue weighted by Crippen LogP contribution is -2.37. The molecule has 49 heavy (non-hydrogen) atoms. The Morgan fingerprint density at radius 1 is 0.653 bits per heavy atom. The van der Waals surface area contributed by atoms with Crippen LogP contribution < -0.4 is 4.89 Å². The van der Waals surface area contributed by atoms with Crippen LogP contribution in [0.15, 0.2) is 48.6 Å². The van der Waals surface area contributed by atoms with Gasteiger partial charge in [0.05, 0.1) is 34.4 Å². The Morgan fingerprint density at radius 3 is 1.73 bits per heavy atom. The van der Waals surface area contributed by atoms with E-state index < -0.39 is 13.9 Å². The van der Waals surface area contributed by atoms with Crippen molar-refractivity contribution in [2.45, 2.75) is 148 Å². The number of hydrogen-bond acceptors (Lipinski definition) is 7. The van der Waals surface area contributed by atoms with Gasteiger partial charge in [0, 0.05) is 13.0 Å². The molecule has 0 aliphatic heterocycles. The van der Waals surface area contributed by atoms with E-state index in [4.69, 9.17) is 18.5 Å². The number of phosphoric ester groups is 1. The van der Waals surface area contributed by atoms with Crippen LogP contribution in [0.1, 0.15) is 142 Å². The predicted octanol–water partition coefficient (Wildman–Crippen LogP) is 10.2. The smallest absolute Gasteiger partial charge is 0.306 e. The van der Waals surface area contributed by atoms with Crippen LogP contribution in [0.5, 0.6) is 0 Å². The molecule has 0 bridgehead atoms. The highest BCUT2D eigenvalue weighted by molar-refractivity contribution is 7.45. The monoisotopic (exact) mass is 712 g/mol. The quantitative estimate of drug-likeness (QED) is 0.0212. The van der Waals surface area contributed by atoms with Gasteiger partial charge in [0.25, 0.3) is 7.82 Å². The van der Waals surface area contributed by atoms with Gasteiger partial charge in [-0.3, -0.25) is 9.36 Å². The average molecular weight is 712 g/mol. The normalized spacial score (nSPS) is 14.5. The Morgan fingerprint density at radius 2 is 1.18 bits per heavy atom. The third-order valence-electron chi connectivity index (χ3n) is 7.89. The molecular weight excluding hydrogens is 637 g/mol. The van der Waals surface area contributed by atoms with Gasteiger partial charge >= 0.3 is 5.97 Å². The summed E-state index contributed by atoms with van der Waals surface area (Å²) >= 11 is 0. The van der Waals surface area contributed by atoms with Crippen LogP contribution in [0.25, 0.3) is 0 Å². The van der Waals surface area contributed by atoms with Gasteiger partial charge in [-0.1, -0.05) is 133 Å². The summed E-state index contributed by atoms with van der Waals surface area (Å²) in [6.07, 6.45) is 38.3. The maximum Gasteiger partial charge on any atom is 0.306 e. The minimum Gasteiger partial charge on any atom is -0.756 e. The Hall–Kier alpha value is -1.54. The highest BCUT2D eigenvalue weighted by Crippen LogP contribution is 2.38. The van der Waals surface area contributed by atoms with E-state index >= 15 is 0 Å². The van der Waals surface area contributed by atoms with Crippen molar-refractivity contribution in [3.8, 4) is 0 Å². The fraction of sp³-hybridized carbons (Fsp3) is 0.775. The molecule has 9 heteroatoms. The van der Waals surface area contributed by atoms with Crippen molar-refractivity contribution in [1.29, 1.82) is 0 Å². The molecule has 0 N–H and O–H groups in total. The molecule has 0 radical (unpaired) electrons. The van der Waals surface area contributed by atoms with Gasteiger partial charge in [-0.25, -0.2) is 0 Å². The van der Waals surface area contributed by atoms with Gasteiger partial charge in [-0.2, -0.15) is 0 Å². The molecule has 0 saturated heterocycles. The molecule has 0 aromatic heterocycles. The summed E-state index contributed by atoms with van der Waals surface area (Å²) in [5.41, 5.74) is 0. The third kappa shape index (κ3) is 37.5. The second kappa shape index (κ2) is 33.6. The second-order valence-corrected chi connectivity index (χ2v) is 15.3. The number of unbranched alkanes of at least 4 members (excludes halogenated alkanes) is 13. The number of hydrogen-bond donors (Lipinski definition) is 0.